The molecule has 4 N–H and O–H groups in total. The molecule has 102 heavy (non-hydrogen) atoms. The molecule has 15 rings (SSSR count). The maximum absolute atomic E-state index is 13.7. The zero-order valence-corrected chi connectivity index (χ0v) is 56.7. The molecular weight excluding hydrogens is 1380 g/mol. The first-order valence-electron chi connectivity index (χ1n) is 33.3. The Balaban J connectivity index is 0.000000138. The maximum atomic E-state index is 13.7. The van der Waals surface area contributed by atoms with Gasteiger partial charge >= 0.3 is 11.9 Å². The van der Waals surface area contributed by atoms with Crippen molar-refractivity contribution in [3.8, 4) is 0 Å². The Morgan fingerprint density at radius 1 is 0.559 bits per heavy atom. The van der Waals surface area contributed by atoms with Gasteiger partial charge in [0.2, 0.25) is 5.65 Å². The van der Waals surface area contributed by atoms with Crippen molar-refractivity contribution in [1.29, 1.82) is 0 Å². The molecule has 6 aliphatic carbocycles. The molecule has 6 aromatic rings. The van der Waals surface area contributed by atoms with E-state index in [0.717, 1.165) is 30.2 Å². The molecule has 0 radical (unpaired) electrons. The number of aromatic nitrogens is 7. The summed E-state index contributed by atoms with van der Waals surface area (Å²) in [5.41, 5.74) is -1.13. The van der Waals surface area contributed by atoms with Gasteiger partial charge in [0.15, 0.2) is 17.3 Å². The number of fused-ring (bicyclic) bond motifs is 10. The highest BCUT2D eigenvalue weighted by Crippen LogP contribution is 2.58. The number of hydrogen-bond donors (Lipinski definition) is 4. The second-order valence-electron chi connectivity index (χ2n) is 28.1. The van der Waals surface area contributed by atoms with Crippen LogP contribution < -0.4 is 26.1 Å². The van der Waals surface area contributed by atoms with Gasteiger partial charge in [-0.1, -0.05) is 32.4 Å². The lowest BCUT2D eigenvalue weighted by Gasteiger charge is -2.46. The van der Waals surface area contributed by atoms with Crippen LogP contribution in [0.3, 0.4) is 0 Å². The third-order valence-corrected chi connectivity index (χ3v) is 21.6. The number of ether oxygens (including phenoxy) is 1. The lowest BCUT2D eigenvalue weighted by Crippen LogP contribution is -2.67. The Bertz CT molecular complexity index is 4740. The Hall–Kier alpha value is -9.75. The highest BCUT2D eigenvalue weighted by molar-refractivity contribution is 6.45. The minimum absolute atomic E-state index is 0.00943. The number of amides is 4. The summed E-state index contributed by atoms with van der Waals surface area (Å²) in [5, 5.41) is 17.1. The van der Waals surface area contributed by atoms with Crippen molar-refractivity contribution in [3.05, 3.63) is 115 Å². The van der Waals surface area contributed by atoms with Crippen LogP contribution in [-0.2, 0) is 52.8 Å². The smallest absolute Gasteiger partial charge is 0.382 e. The Labute approximate surface area is 579 Å². The normalized spacial score (nSPS) is 22.9. The van der Waals surface area contributed by atoms with Gasteiger partial charge in [-0.2, -0.15) is 0 Å². The summed E-state index contributed by atoms with van der Waals surface area (Å²) in [6.45, 7) is 9.18. The number of Topliss-reactive ketones (excluding diaryl/α,β-unsaturated/α-hetero) is 6. The summed E-state index contributed by atoms with van der Waals surface area (Å²) in [4.78, 5) is 164. The molecule has 0 unspecified atom stereocenters. The molecule has 9 aliphatic rings. The maximum Gasteiger partial charge on any atom is 0.382 e. The van der Waals surface area contributed by atoms with Gasteiger partial charge in [-0.15, -0.1) is 5.10 Å². The Morgan fingerprint density at radius 3 is 1.31 bits per heavy atom. The third-order valence-electron chi connectivity index (χ3n) is 21.3. The number of alkyl halides is 6. The van der Waals surface area contributed by atoms with E-state index in [0.29, 0.717) is 53.3 Å². The first-order valence-corrected chi connectivity index (χ1v) is 33.6. The van der Waals surface area contributed by atoms with Crippen LogP contribution in [0.2, 0.25) is 5.02 Å². The summed E-state index contributed by atoms with van der Waals surface area (Å²) in [6.07, 6.45) is 0.412. The molecule has 6 fully saturated rings. The zero-order valence-electron chi connectivity index (χ0n) is 55.9. The largest absolute Gasteiger partial charge is 0.464 e. The number of ketones is 6. The van der Waals surface area contributed by atoms with Gasteiger partial charge in [0.25, 0.3) is 58.7 Å². The van der Waals surface area contributed by atoms with Crippen LogP contribution in [0.5, 0.6) is 0 Å². The average molecular weight is 1440 g/mol. The number of anilines is 1. The quantitative estimate of drug-likeness (QED) is 0.0183. The minimum Gasteiger partial charge on any atom is -0.464 e. The lowest BCUT2D eigenvalue weighted by atomic mass is 9.69. The molecule has 1 aromatic carbocycles. The van der Waals surface area contributed by atoms with Crippen LogP contribution in [0, 0.1) is 44.3 Å². The fraction of sp³-hybridized carbons (Fsp3) is 0.493. The molecule has 6 saturated carbocycles. The SMILES string of the molecule is CCC(=O)C1(NC(=O)C(=O)c2c(C)c(C(=O)Nc3ccc(F)c(Cl)c3)n3c2C[C@H]2C[C@H]23)CC(F)(F)C1.CCC(=O)C1(NC(=O)C(=O)c2c(C)c(C(=O)OC)n3c2C[C@H]2C[C@H]23)CC(F)(F)C1.CCC(=O)C1(NC(=O)C(=O)c2c(C)c(C(=O)On3nnc4cccnc43)n3c2C[C@H]2C[C@H]23)CC(F)(F)C1. The van der Waals surface area contributed by atoms with E-state index in [9.17, 15) is 88.3 Å². The van der Waals surface area contributed by atoms with Gasteiger partial charge in [-0.25, -0.2) is 45.3 Å². The van der Waals surface area contributed by atoms with E-state index < -0.39 is 149 Å². The van der Waals surface area contributed by atoms with Crippen molar-refractivity contribution in [2.75, 3.05) is 12.4 Å². The molecule has 33 heteroatoms. The minimum atomic E-state index is -3.09. The van der Waals surface area contributed by atoms with Crippen LogP contribution in [0.15, 0.2) is 36.5 Å². The van der Waals surface area contributed by atoms with Gasteiger partial charge in [-0.3, -0.25) is 47.9 Å². The lowest BCUT2D eigenvalue weighted by molar-refractivity contribution is -0.163. The van der Waals surface area contributed by atoms with E-state index in [2.05, 4.69) is 36.6 Å². The summed E-state index contributed by atoms with van der Waals surface area (Å²) in [7, 11) is 1.24. The highest BCUT2D eigenvalue weighted by atomic mass is 35.5. The fourth-order valence-corrected chi connectivity index (χ4v) is 16.5. The van der Waals surface area contributed by atoms with Gasteiger partial charge in [-0.05, 0) is 134 Å². The number of pyridine rings is 1. The van der Waals surface area contributed by atoms with Gasteiger partial charge in [0.05, 0.1) is 28.8 Å². The second kappa shape index (κ2) is 24.8. The number of esters is 1. The molecule has 6 atom stereocenters. The molecule has 0 spiro atoms. The summed E-state index contributed by atoms with van der Waals surface area (Å²) >= 11 is 5.81. The molecule has 25 nitrogen and oxygen atoms in total. The van der Waals surface area contributed by atoms with Crippen molar-refractivity contribution >= 4 is 98.7 Å². The summed E-state index contributed by atoms with van der Waals surface area (Å²) < 4.78 is 105. The van der Waals surface area contributed by atoms with E-state index in [-0.39, 0.29) is 110 Å². The average Bonchev–Trinajstić information content (AvgIpc) is 1.52. The second-order valence-corrected chi connectivity index (χ2v) is 28.5. The van der Waals surface area contributed by atoms with E-state index in [1.807, 2.05) is 0 Å². The van der Waals surface area contributed by atoms with Gasteiger partial charge < -0.3 is 44.5 Å². The molecular formula is C69H67ClF7N11O14. The third kappa shape index (κ3) is 11.9. The van der Waals surface area contributed by atoms with E-state index in [1.54, 1.807) is 39.7 Å². The number of carbonyl (C=O) groups is 12. The topological polar surface area (TPSA) is 330 Å². The zero-order chi connectivity index (χ0) is 73.7. The first-order chi connectivity index (χ1) is 48.0. The Morgan fingerprint density at radius 2 is 0.941 bits per heavy atom. The van der Waals surface area contributed by atoms with E-state index in [4.69, 9.17) is 21.2 Å². The molecule has 3 aliphatic heterocycles. The van der Waals surface area contributed by atoms with E-state index in [1.165, 1.54) is 53.1 Å². The monoisotopic (exact) mass is 1440 g/mol. The van der Waals surface area contributed by atoms with Gasteiger partial charge in [0.1, 0.15) is 45.0 Å². The summed E-state index contributed by atoms with van der Waals surface area (Å²) in [6, 6.07) is 7.14. The van der Waals surface area contributed by atoms with Crippen molar-refractivity contribution in [3.63, 3.8) is 0 Å². The number of rotatable bonds is 20. The number of carbonyl (C=O) groups excluding carboxylic acids is 12. The molecule has 5 aromatic heterocycles. The molecule has 4 amide bonds. The number of benzene rings is 1. The predicted molar refractivity (Wildman–Crippen MR) is 341 cm³/mol. The predicted octanol–water partition coefficient (Wildman–Crippen LogP) is 8.32. The molecule has 0 saturated heterocycles. The summed E-state index contributed by atoms with van der Waals surface area (Å²) in [5.74, 6) is -19.0. The van der Waals surface area contributed by atoms with Crippen LogP contribution in [0.1, 0.15) is 212 Å². The van der Waals surface area contributed by atoms with Crippen molar-refractivity contribution in [2.24, 2.45) is 17.8 Å². The van der Waals surface area contributed by atoms with Crippen LogP contribution in [0.25, 0.3) is 11.2 Å². The van der Waals surface area contributed by atoms with Crippen LogP contribution >= 0.6 is 11.6 Å². The first kappa shape index (κ1) is 70.7. The molecule has 538 valence electrons. The number of hydrogen-bond acceptors (Lipinski definition) is 17. The van der Waals surface area contributed by atoms with Crippen molar-refractivity contribution < 1.29 is 97.8 Å². The molecule has 0 bridgehead atoms. The fourth-order valence-electron chi connectivity index (χ4n) is 16.3. The number of nitrogens with one attached hydrogen (secondary N) is 4. The number of methoxy groups -OCH3 is 1. The van der Waals surface area contributed by atoms with Crippen molar-refractivity contribution in [1.82, 2.24) is 49.8 Å². The highest BCUT2D eigenvalue weighted by Gasteiger charge is 2.64. The number of nitrogens with zero attached hydrogens (tertiary/aromatic N) is 7. The van der Waals surface area contributed by atoms with Crippen LogP contribution in [-0.4, -0.2) is 146 Å². The number of halogens is 8. The molecule has 8 heterocycles. The standard InChI is InChI=1S/C25H23ClF3N3O4.C24H22F2N6O5.C20H22F2N2O5/c1-3-18(33)24(9-25(28,29)10-24)31-23(36)21(34)19-11(2)20(32-16-6-12(16)7-17(19)32)22(35)30-13-4-5-15(27)14(26)8-13;1-3-16(33)23(9-24(25,26)10-23)28-21(35)19(34)17-11(2)18(31-14-7-12(14)8-15(17)31)22(36)37-32-20-13(29-30-32)5-4-6-27-20;1-4-13(25)19(7-20(21,22)8-19)23-17(27)16(26)14-9(2)15(18(28)29-3)24-11-5-10(11)6-12(14)24/h4-5,8,12,16H,3,6-7,9-10H2,1-2H3,(H,30,35)(H,31,36);4-6,12,14H,3,7-10H2,1-2H3,(H,28,35);10-11H,4-8H2,1-3H3,(H,23,27)/t12-,16-;12-,14-;10-,11-/m111/s1. The van der Waals surface area contributed by atoms with Crippen molar-refractivity contribution in [2.45, 2.75) is 190 Å². The van der Waals surface area contributed by atoms with E-state index >= 15 is 0 Å². The van der Waals surface area contributed by atoms with Gasteiger partial charge in [0, 0.05) is 105 Å². The Kier molecular flexibility index (Phi) is 17.2. The van der Waals surface area contributed by atoms with Crippen LogP contribution in [0.4, 0.5) is 36.4 Å².